The highest BCUT2D eigenvalue weighted by Crippen LogP contribution is 2.48. The van der Waals surface area contributed by atoms with Crippen LogP contribution in [0.2, 0.25) is 0 Å². The molecule has 0 saturated heterocycles. The van der Waals surface area contributed by atoms with Crippen molar-refractivity contribution >= 4 is 12.6 Å². The Hall–Kier alpha value is -0.940. The molecule has 0 heterocycles. The summed E-state index contributed by atoms with van der Waals surface area (Å²) in [6.45, 7) is 12.7. The first-order valence-electron chi connectivity index (χ1n) is 7.20. The summed E-state index contributed by atoms with van der Waals surface area (Å²) in [4.78, 5) is 0. The summed E-state index contributed by atoms with van der Waals surface area (Å²) in [5.41, 5.74) is 0.857. The summed E-state index contributed by atoms with van der Waals surface area (Å²) in [5, 5.41) is 9.45. The summed E-state index contributed by atoms with van der Waals surface area (Å²) in [6, 6.07) is 13.0. The normalized spacial score (nSPS) is 14.7. The molecular weight excluding hydrogens is 262 g/mol. The van der Waals surface area contributed by atoms with E-state index >= 15 is 0 Å². The Balaban J connectivity index is 3.14. The molecule has 20 heavy (non-hydrogen) atoms. The zero-order valence-electron chi connectivity index (χ0n) is 13.6. The fourth-order valence-electron chi connectivity index (χ4n) is 2.38. The molecule has 1 unspecified atom stereocenters. The predicted octanol–water partition coefficient (Wildman–Crippen LogP) is 5.44. The van der Waals surface area contributed by atoms with Crippen LogP contribution in [0.15, 0.2) is 30.3 Å². The molecule has 0 aliphatic rings. The molecule has 2 heteroatoms. The fourth-order valence-corrected chi connectivity index (χ4v) is 2.62. The zero-order valence-corrected chi connectivity index (χ0v) is 14.5. The first-order chi connectivity index (χ1) is 9.01. The molecule has 1 aromatic rings. The van der Waals surface area contributed by atoms with Crippen LogP contribution in [0.1, 0.15) is 59.4 Å². The molecule has 0 N–H and O–H groups in total. The van der Waals surface area contributed by atoms with Crippen molar-refractivity contribution in [2.75, 3.05) is 0 Å². The van der Waals surface area contributed by atoms with E-state index in [2.05, 4.69) is 58.0 Å². The Morgan fingerprint density at radius 1 is 1.05 bits per heavy atom. The first kappa shape index (κ1) is 17.1. The number of hydrogen-bond acceptors (Lipinski definition) is 2. The molecular formula is C18H27NS. The van der Waals surface area contributed by atoms with Gasteiger partial charge in [-0.1, -0.05) is 58.0 Å². The number of rotatable bonds is 5. The van der Waals surface area contributed by atoms with Gasteiger partial charge in [0, 0.05) is 4.75 Å². The quantitative estimate of drug-likeness (QED) is 0.716. The van der Waals surface area contributed by atoms with Crippen molar-refractivity contribution in [3.63, 3.8) is 0 Å². The van der Waals surface area contributed by atoms with Crippen molar-refractivity contribution in [1.82, 2.24) is 0 Å². The van der Waals surface area contributed by atoms with Crippen LogP contribution in [0.3, 0.4) is 0 Å². The van der Waals surface area contributed by atoms with Crippen LogP contribution in [0.4, 0.5) is 0 Å². The van der Waals surface area contributed by atoms with Crippen LogP contribution >= 0.6 is 12.6 Å². The minimum absolute atomic E-state index is 0.0811. The molecule has 1 aromatic carbocycles. The molecule has 1 atom stereocenters. The topological polar surface area (TPSA) is 23.8 Å². The molecule has 0 amide bonds. The van der Waals surface area contributed by atoms with Gasteiger partial charge < -0.3 is 0 Å². The summed E-state index contributed by atoms with van der Waals surface area (Å²) in [5.74, 6) is 0.314. The van der Waals surface area contributed by atoms with Gasteiger partial charge in [-0.05, 0) is 37.2 Å². The largest absolute Gasteiger partial charge is 0.198 e. The lowest BCUT2D eigenvalue weighted by Crippen LogP contribution is -2.36. The Morgan fingerprint density at radius 3 is 1.95 bits per heavy atom. The predicted molar refractivity (Wildman–Crippen MR) is 90.0 cm³/mol. The Labute approximate surface area is 129 Å². The number of hydrogen-bond donors (Lipinski definition) is 1. The average molecular weight is 289 g/mol. The Bertz CT molecular complexity index is 474. The van der Waals surface area contributed by atoms with E-state index in [0.29, 0.717) is 5.92 Å². The molecule has 1 nitrogen and oxygen atoms in total. The summed E-state index contributed by atoms with van der Waals surface area (Å²) >= 11 is 4.82. The van der Waals surface area contributed by atoms with Crippen molar-refractivity contribution in [1.29, 1.82) is 5.26 Å². The molecule has 0 aromatic heterocycles. The van der Waals surface area contributed by atoms with Gasteiger partial charge in [0.15, 0.2) is 0 Å². The standard InChI is InChI=1S/C18H27NS/c1-16(2,17(3,4)13-19)12-15(18(5,6)20)14-10-8-7-9-11-14/h7-11,15,20H,12H2,1-6H3. The second kappa shape index (κ2) is 5.82. The molecule has 0 spiro atoms. The van der Waals surface area contributed by atoms with Crippen molar-refractivity contribution in [2.45, 2.75) is 58.6 Å². The van der Waals surface area contributed by atoms with Crippen molar-refractivity contribution in [3.05, 3.63) is 35.9 Å². The van der Waals surface area contributed by atoms with Gasteiger partial charge in [-0.25, -0.2) is 0 Å². The van der Waals surface area contributed by atoms with E-state index in [1.807, 2.05) is 19.9 Å². The van der Waals surface area contributed by atoms with E-state index in [1.54, 1.807) is 0 Å². The smallest absolute Gasteiger partial charge is 0.0689 e. The van der Waals surface area contributed by atoms with Gasteiger partial charge in [0.2, 0.25) is 0 Å². The molecule has 0 saturated carbocycles. The second-order valence-electron chi connectivity index (χ2n) is 7.44. The molecule has 1 rings (SSSR count). The van der Waals surface area contributed by atoms with Gasteiger partial charge in [0.1, 0.15) is 0 Å². The summed E-state index contributed by atoms with van der Waals surface area (Å²) in [7, 11) is 0. The van der Waals surface area contributed by atoms with Gasteiger partial charge in [-0.3, -0.25) is 0 Å². The maximum absolute atomic E-state index is 9.45. The number of nitriles is 1. The van der Waals surface area contributed by atoms with Crippen molar-refractivity contribution in [2.24, 2.45) is 10.8 Å². The van der Waals surface area contributed by atoms with Gasteiger partial charge in [0.05, 0.1) is 11.5 Å². The summed E-state index contributed by atoms with van der Waals surface area (Å²) in [6.07, 6.45) is 0.939. The lowest BCUT2D eigenvalue weighted by atomic mass is 9.62. The van der Waals surface area contributed by atoms with Crippen LogP contribution < -0.4 is 0 Å². The highest BCUT2D eigenvalue weighted by atomic mass is 32.1. The van der Waals surface area contributed by atoms with E-state index in [0.717, 1.165) is 6.42 Å². The molecule has 0 aliphatic heterocycles. The monoisotopic (exact) mass is 289 g/mol. The van der Waals surface area contributed by atoms with E-state index in [4.69, 9.17) is 12.6 Å². The third kappa shape index (κ3) is 3.79. The molecule has 0 bridgehead atoms. The lowest BCUT2D eigenvalue weighted by Gasteiger charge is -2.42. The second-order valence-corrected chi connectivity index (χ2v) is 8.59. The number of benzene rings is 1. The van der Waals surface area contributed by atoms with Crippen LogP contribution in [0.25, 0.3) is 0 Å². The molecule has 110 valence electrons. The third-order valence-electron chi connectivity index (χ3n) is 4.74. The van der Waals surface area contributed by atoms with Gasteiger partial charge >= 0.3 is 0 Å². The molecule has 0 fully saturated rings. The van der Waals surface area contributed by atoms with Crippen molar-refractivity contribution < 1.29 is 0 Å². The number of nitrogens with zero attached hydrogens (tertiary/aromatic N) is 1. The van der Waals surface area contributed by atoms with Crippen molar-refractivity contribution in [3.8, 4) is 6.07 Å². The minimum atomic E-state index is -0.362. The van der Waals surface area contributed by atoms with E-state index in [9.17, 15) is 5.26 Å². The fraction of sp³-hybridized carbons (Fsp3) is 0.611. The third-order valence-corrected chi connectivity index (χ3v) is 5.05. The highest BCUT2D eigenvalue weighted by molar-refractivity contribution is 7.81. The van der Waals surface area contributed by atoms with E-state index < -0.39 is 0 Å². The van der Waals surface area contributed by atoms with E-state index in [1.165, 1.54) is 5.56 Å². The average Bonchev–Trinajstić information content (AvgIpc) is 2.35. The Morgan fingerprint density at radius 2 is 1.55 bits per heavy atom. The summed E-state index contributed by atoms with van der Waals surface area (Å²) < 4.78 is -0.121. The maximum Gasteiger partial charge on any atom is 0.0689 e. The van der Waals surface area contributed by atoms with E-state index in [-0.39, 0.29) is 15.6 Å². The minimum Gasteiger partial charge on any atom is -0.198 e. The van der Waals surface area contributed by atoms with Crippen LogP contribution in [-0.4, -0.2) is 4.75 Å². The van der Waals surface area contributed by atoms with Crippen LogP contribution in [0, 0.1) is 22.2 Å². The highest BCUT2D eigenvalue weighted by Gasteiger charge is 2.42. The van der Waals surface area contributed by atoms with Gasteiger partial charge in [-0.2, -0.15) is 17.9 Å². The molecule has 0 radical (unpaired) electrons. The SMILES string of the molecule is CC(C)(S)C(CC(C)(C)C(C)(C)C#N)c1ccccc1. The first-order valence-corrected chi connectivity index (χ1v) is 7.64. The maximum atomic E-state index is 9.45. The zero-order chi connectivity index (χ0) is 15.6. The van der Waals surface area contributed by atoms with Crippen LogP contribution in [0.5, 0.6) is 0 Å². The van der Waals surface area contributed by atoms with Gasteiger partial charge in [-0.15, -0.1) is 0 Å². The van der Waals surface area contributed by atoms with Crippen LogP contribution in [-0.2, 0) is 0 Å². The molecule has 0 aliphatic carbocycles. The van der Waals surface area contributed by atoms with Gasteiger partial charge in [0.25, 0.3) is 0 Å². The Kier molecular flexibility index (Phi) is 4.98. The lowest BCUT2D eigenvalue weighted by molar-refractivity contribution is 0.140. The number of thiol groups is 1.